The van der Waals surface area contributed by atoms with Gasteiger partial charge in [0.25, 0.3) is 0 Å². The molecule has 6 heteroatoms. The largest absolute Gasteiger partial charge is 0.484 e. The molecule has 1 fully saturated rings. The second-order valence-corrected chi connectivity index (χ2v) is 4.15. The summed E-state index contributed by atoms with van der Waals surface area (Å²) in [6.07, 6.45) is 4.43. The maximum Gasteiger partial charge on any atom is 0.229 e. The minimum absolute atomic E-state index is 0.234. The summed E-state index contributed by atoms with van der Waals surface area (Å²) in [6.45, 7) is 0.234. The monoisotopic (exact) mass is 245 g/mol. The lowest BCUT2D eigenvalue weighted by Crippen LogP contribution is -1.98. The highest BCUT2D eigenvalue weighted by atomic mass is 16.5. The molecule has 1 saturated carbocycles. The Hall–Kier alpha value is -2.24. The van der Waals surface area contributed by atoms with E-state index in [1.54, 1.807) is 12.1 Å². The minimum atomic E-state index is 0.234. The molecule has 0 N–H and O–H groups in total. The Morgan fingerprint density at radius 1 is 1.44 bits per heavy atom. The van der Waals surface area contributed by atoms with Crippen molar-refractivity contribution in [3.63, 3.8) is 0 Å². The number of aromatic nitrogens is 3. The zero-order valence-corrected chi connectivity index (χ0v) is 9.57. The molecule has 1 aliphatic rings. The molecule has 0 amide bonds. The summed E-state index contributed by atoms with van der Waals surface area (Å²) in [7, 11) is 0. The molecule has 0 aliphatic heterocycles. The van der Waals surface area contributed by atoms with Crippen molar-refractivity contribution >= 4 is 6.29 Å². The highest BCUT2D eigenvalue weighted by molar-refractivity contribution is 5.71. The molecule has 0 spiro atoms. The van der Waals surface area contributed by atoms with Crippen LogP contribution in [-0.2, 0) is 6.61 Å². The molecule has 1 aliphatic carbocycles. The topological polar surface area (TPSA) is 78.1 Å². The molecule has 0 saturated heterocycles. The second-order valence-electron chi connectivity index (χ2n) is 4.15. The van der Waals surface area contributed by atoms with Gasteiger partial charge in [-0.3, -0.25) is 4.79 Å². The van der Waals surface area contributed by atoms with Gasteiger partial charge < -0.3 is 9.26 Å². The van der Waals surface area contributed by atoms with Crippen molar-refractivity contribution in [1.29, 1.82) is 0 Å². The average molecular weight is 245 g/mol. The number of pyridine rings is 1. The summed E-state index contributed by atoms with van der Waals surface area (Å²) in [5.74, 6) is 2.23. The summed E-state index contributed by atoms with van der Waals surface area (Å²) in [4.78, 5) is 18.6. The number of hydrogen-bond donors (Lipinski definition) is 0. The summed E-state index contributed by atoms with van der Waals surface area (Å²) in [6, 6.07) is 3.27. The molecular weight excluding hydrogens is 234 g/mol. The van der Waals surface area contributed by atoms with E-state index in [1.165, 1.54) is 6.20 Å². The lowest BCUT2D eigenvalue weighted by atomic mass is 10.4. The lowest BCUT2D eigenvalue weighted by molar-refractivity contribution is 0.111. The predicted octanol–water partition coefficient (Wildman–Crippen LogP) is 1.73. The molecule has 0 radical (unpaired) electrons. The SMILES string of the molecule is O=Cc1ccc(OCc2noc(C3CC3)n2)cn1. The third kappa shape index (κ3) is 2.37. The molecule has 3 rings (SSSR count). The average Bonchev–Trinajstić information content (AvgIpc) is 3.16. The van der Waals surface area contributed by atoms with Crippen LogP contribution in [0.2, 0.25) is 0 Å². The van der Waals surface area contributed by atoms with Crippen LogP contribution in [0.3, 0.4) is 0 Å². The number of hydrogen-bond acceptors (Lipinski definition) is 6. The number of carbonyl (C=O) groups excluding carboxylic acids is 1. The highest BCUT2D eigenvalue weighted by Gasteiger charge is 2.29. The third-order valence-electron chi connectivity index (χ3n) is 2.66. The second kappa shape index (κ2) is 4.56. The Bertz CT molecular complexity index is 546. The number of ether oxygens (including phenoxy) is 1. The molecule has 0 unspecified atom stereocenters. The van der Waals surface area contributed by atoms with Gasteiger partial charge >= 0.3 is 0 Å². The summed E-state index contributed by atoms with van der Waals surface area (Å²) in [5.41, 5.74) is 0.373. The Kier molecular flexibility index (Phi) is 2.76. The van der Waals surface area contributed by atoms with Crippen molar-refractivity contribution in [2.24, 2.45) is 0 Å². The first-order chi connectivity index (χ1) is 8.85. The third-order valence-corrected chi connectivity index (χ3v) is 2.66. The maximum atomic E-state index is 10.4. The molecule has 2 aromatic rings. The smallest absolute Gasteiger partial charge is 0.229 e. The first-order valence-corrected chi connectivity index (χ1v) is 5.71. The Morgan fingerprint density at radius 2 is 2.33 bits per heavy atom. The van der Waals surface area contributed by atoms with Gasteiger partial charge in [-0.15, -0.1) is 0 Å². The van der Waals surface area contributed by atoms with Crippen molar-refractivity contribution < 1.29 is 14.1 Å². The van der Waals surface area contributed by atoms with Crippen molar-refractivity contribution in [2.45, 2.75) is 25.4 Å². The van der Waals surface area contributed by atoms with Crippen LogP contribution in [0.1, 0.15) is 41.0 Å². The van der Waals surface area contributed by atoms with Crippen molar-refractivity contribution in [3.05, 3.63) is 35.7 Å². The van der Waals surface area contributed by atoms with Crippen LogP contribution in [0.25, 0.3) is 0 Å². The van der Waals surface area contributed by atoms with E-state index < -0.39 is 0 Å². The first kappa shape index (κ1) is 10.9. The van der Waals surface area contributed by atoms with Crippen molar-refractivity contribution in [2.75, 3.05) is 0 Å². The van der Waals surface area contributed by atoms with E-state index in [0.717, 1.165) is 12.8 Å². The van der Waals surface area contributed by atoms with Crippen LogP contribution >= 0.6 is 0 Å². The van der Waals surface area contributed by atoms with E-state index >= 15 is 0 Å². The van der Waals surface area contributed by atoms with E-state index in [4.69, 9.17) is 9.26 Å². The summed E-state index contributed by atoms with van der Waals surface area (Å²) < 4.78 is 10.6. The summed E-state index contributed by atoms with van der Waals surface area (Å²) >= 11 is 0. The molecular formula is C12H11N3O3. The maximum absolute atomic E-state index is 10.4. The van der Waals surface area contributed by atoms with Gasteiger partial charge in [0.1, 0.15) is 11.4 Å². The standard InChI is InChI=1S/C12H11N3O3/c16-6-9-3-4-10(5-13-9)17-7-11-14-12(18-15-11)8-1-2-8/h3-6,8H,1-2,7H2. The number of rotatable bonds is 5. The first-order valence-electron chi connectivity index (χ1n) is 5.71. The Balaban J connectivity index is 1.60. The molecule has 92 valence electrons. The van der Waals surface area contributed by atoms with Crippen LogP contribution in [0, 0.1) is 0 Å². The lowest BCUT2D eigenvalue weighted by Gasteiger charge is -2.01. The van der Waals surface area contributed by atoms with Crippen molar-refractivity contribution in [1.82, 2.24) is 15.1 Å². The van der Waals surface area contributed by atoms with E-state index in [9.17, 15) is 4.79 Å². The van der Waals surface area contributed by atoms with Crippen molar-refractivity contribution in [3.8, 4) is 5.75 Å². The predicted molar refractivity (Wildman–Crippen MR) is 60.2 cm³/mol. The highest BCUT2D eigenvalue weighted by Crippen LogP contribution is 2.38. The van der Waals surface area contributed by atoms with Gasteiger partial charge in [0.15, 0.2) is 12.9 Å². The van der Waals surface area contributed by atoms with Gasteiger partial charge in [-0.1, -0.05) is 5.16 Å². The van der Waals surface area contributed by atoms with Crippen LogP contribution < -0.4 is 4.74 Å². The fourth-order valence-corrected chi connectivity index (χ4v) is 1.52. The van der Waals surface area contributed by atoms with Crippen LogP contribution in [0.15, 0.2) is 22.9 Å². The van der Waals surface area contributed by atoms with Crippen LogP contribution in [0.4, 0.5) is 0 Å². The van der Waals surface area contributed by atoms with Gasteiger partial charge in [-0.25, -0.2) is 4.98 Å². The van der Waals surface area contributed by atoms with Gasteiger partial charge in [0, 0.05) is 5.92 Å². The number of aldehydes is 1. The van der Waals surface area contributed by atoms with E-state index in [0.29, 0.717) is 35.4 Å². The van der Waals surface area contributed by atoms with E-state index in [1.807, 2.05) is 0 Å². The number of carbonyl (C=O) groups is 1. The van der Waals surface area contributed by atoms with Gasteiger partial charge in [0.2, 0.25) is 11.7 Å². The fraction of sp³-hybridized carbons (Fsp3) is 0.333. The molecule has 0 bridgehead atoms. The Morgan fingerprint density at radius 3 is 3.00 bits per heavy atom. The fourth-order valence-electron chi connectivity index (χ4n) is 1.52. The molecule has 2 heterocycles. The van der Waals surface area contributed by atoms with Gasteiger partial charge in [-0.05, 0) is 25.0 Å². The zero-order valence-electron chi connectivity index (χ0n) is 9.57. The zero-order chi connectivity index (χ0) is 12.4. The van der Waals surface area contributed by atoms with Crippen LogP contribution in [-0.4, -0.2) is 21.4 Å². The Labute approximate surface area is 103 Å². The molecule has 18 heavy (non-hydrogen) atoms. The van der Waals surface area contributed by atoms with E-state index in [-0.39, 0.29) is 6.61 Å². The molecule has 6 nitrogen and oxygen atoms in total. The molecule has 0 atom stereocenters. The van der Waals surface area contributed by atoms with E-state index in [2.05, 4.69) is 15.1 Å². The van der Waals surface area contributed by atoms with Crippen LogP contribution in [0.5, 0.6) is 5.75 Å². The summed E-state index contributed by atoms with van der Waals surface area (Å²) in [5, 5.41) is 3.84. The molecule has 0 aromatic carbocycles. The number of nitrogens with zero attached hydrogens (tertiary/aromatic N) is 3. The van der Waals surface area contributed by atoms with Gasteiger partial charge in [0.05, 0.1) is 6.20 Å². The normalized spacial score (nSPS) is 14.4. The quantitative estimate of drug-likeness (QED) is 0.746. The molecule has 2 aromatic heterocycles. The minimum Gasteiger partial charge on any atom is -0.484 e. The van der Waals surface area contributed by atoms with Gasteiger partial charge in [-0.2, -0.15) is 4.98 Å².